The Morgan fingerprint density at radius 1 is 1.31 bits per heavy atom. The minimum absolute atomic E-state index is 0.395. The topological polar surface area (TPSA) is 24.9 Å². The van der Waals surface area contributed by atoms with E-state index in [1.54, 1.807) is 0 Å². The van der Waals surface area contributed by atoms with E-state index in [1.165, 1.54) is 11.3 Å². The Morgan fingerprint density at radius 3 is 2.31 bits per heavy atom. The Morgan fingerprint density at radius 2 is 1.92 bits per heavy atom. The number of hydrogen-bond donors (Lipinski definition) is 1. The molecule has 1 rings (SSSR count). The number of rotatable bonds is 3. The molecule has 0 aliphatic carbocycles. The van der Waals surface area contributed by atoms with Gasteiger partial charge in [0.2, 0.25) is 0 Å². The van der Waals surface area contributed by atoms with Gasteiger partial charge in [-0.15, -0.1) is 0 Å². The summed E-state index contributed by atoms with van der Waals surface area (Å²) in [5.74, 6) is 0.395. The van der Waals surface area contributed by atoms with Crippen molar-refractivity contribution in [1.29, 1.82) is 0 Å². The second kappa shape index (κ2) is 4.29. The molecule has 0 bridgehead atoms. The van der Waals surface area contributed by atoms with E-state index in [2.05, 4.69) is 38.0 Å². The van der Waals surface area contributed by atoms with Crippen LogP contribution >= 0.6 is 22.9 Å². The first-order valence-corrected chi connectivity index (χ1v) is 5.63. The van der Waals surface area contributed by atoms with E-state index < -0.39 is 0 Å². The Labute approximate surface area is 88.3 Å². The van der Waals surface area contributed by atoms with Crippen LogP contribution in [0.3, 0.4) is 0 Å². The van der Waals surface area contributed by atoms with Crippen LogP contribution in [0, 0.1) is 0 Å². The molecule has 1 heterocycles. The fourth-order valence-electron chi connectivity index (χ4n) is 0.978. The molecule has 1 aromatic heterocycles. The van der Waals surface area contributed by atoms with E-state index in [4.69, 9.17) is 11.6 Å². The van der Waals surface area contributed by atoms with Crippen LogP contribution in [0.1, 0.15) is 39.3 Å². The molecule has 1 aromatic rings. The smallest absolute Gasteiger partial charge is 0.184 e. The van der Waals surface area contributed by atoms with Gasteiger partial charge in [-0.3, -0.25) is 0 Å². The lowest BCUT2D eigenvalue weighted by atomic mass is 10.2. The first kappa shape index (κ1) is 10.8. The standard InChI is InChI=1S/C9H15ClN2S/c1-5(2)7-8(10)13-9(12-7)11-6(3)4/h5-6H,1-4H3,(H,11,12). The van der Waals surface area contributed by atoms with Crippen LogP contribution < -0.4 is 5.32 Å². The molecule has 0 aliphatic rings. The van der Waals surface area contributed by atoms with E-state index in [0.29, 0.717) is 12.0 Å². The summed E-state index contributed by atoms with van der Waals surface area (Å²) in [5, 5.41) is 4.16. The number of halogens is 1. The average molecular weight is 219 g/mol. The summed E-state index contributed by atoms with van der Waals surface area (Å²) in [6.45, 7) is 8.37. The predicted molar refractivity (Wildman–Crippen MR) is 60.0 cm³/mol. The lowest BCUT2D eigenvalue weighted by Gasteiger charge is -2.04. The third-order valence-electron chi connectivity index (χ3n) is 1.57. The molecule has 0 fully saturated rings. The van der Waals surface area contributed by atoms with Gasteiger partial charge in [-0.05, 0) is 19.8 Å². The molecule has 0 saturated carbocycles. The molecule has 0 amide bonds. The lowest BCUT2D eigenvalue weighted by molar-refractivity contribution is 0.827. The van der Waals surface area contributed by atoms with Crippen molar-refractivity contribution >= 4 is 28.1 Å². The molecule has 0 aliphatic heterocycles. The molecule has 0 aromatic carbocycles. The highest BCUT2D eigenvalue weighted by molar-refractivity contribution is 7.19. The molecule has 0 spiro atoms. The Balaban J connectivity index is 2.82. The molecule has 13 heavy (non-hydrogen) atoms. The first-order valence-electron chi connectivity index (χ1n) is 4.43. The minimum atomic E-state index is 0.395. The zero-order valence-corrected chi connectivity index (χ0v) is 9.96. The Bertz CT molecular complexity index is 281. The third kappa shape index (κ3) is 2.85. The molecule has 0 radical (unpaired) electrons. The fraction of sp³-hybridized carbons (Fsp3) is 0.667. The van der Waals surface area contributed by atoms with Crippen molar-refractivity contribution in [3.05, 3.63) is 10.0 Å². The summed E-state index contributed by atoms with van der Waals surface area (Å²) in [7, 11) is 0. The van der Waals surface area contributed by atoms with Gasteiger partial charge in [0, 0.05) is 6.04 Å². The van der Waals surface area contributed by atoms with Crippen molar-refractivity contribution in [1.82, 2.24) is 4.98 Å². The molecule has 0 atom stereocenters. The highest BCUT2D eigenvalue weighted by Gasteiger charge is 2.12. The zero-order valence-electron chi connectivity index (χ0n) is 8.39. The van der Waals surface area contributed by atoms with E-state index in [0.717, 1.165) is 15.2 Å². The number of nitrogens with zero attached hydrogens (tertiary/aromatic N) is 1. The normalized spacial score (nSPS) is 11.3. The Kier molecular flexibility index (Phi) is 3.56. The van der Waals surface area contributed by atoms with Gasteiger partial charge in [0.15, 0.2) is 5.13 Å². The van der Waals surface area contributed by atoms with E-state index >= 15 is 0 Å². The van der Waals surface area contributed by atoms with Crippen molar-refractivity contribution in [2.75, 3.05) is 5.32 Å². The monoisotopic (exact) mass is 218 g/mol. The fourth-order valence-corrected chi connectivity index (χ4v) is 2.45. The van der Waals surface area contributed by atoms with Gasteiger partial charge >= 0.3 is 0 Å². The SMILES string of the molecule is CC(C)Nc1nc(C(C)C)c(Cl)s1. The van der Waals surface area contributed by atoms with Crippen LogP contribution in [0.5, 0.6) is 0 Å². The summed E-state index contributed by atoms with van der Waals surface area (Å²) in [6.07, 6.45) is 0. The molecule has 0 saturated heterocycles. The molecule has 0 unspecified atom stereocenters. The van der Waals surface area contributed by atoms with Gasteiger partial charge in [-0.25, -0.2) is 4.98 Å². The number of nitrogens with one attached hydrogen (secondary N) is 1. The van der Waals surface area contributed by atoms with Crippen LogP contribution in [0.25, 0.3) is 0 Å². The molecule has 1 N–H and O–H groups in total. The van der Waals surface area contributed by atoms with Crippen molar-refractivity contribution in [2.24, 2.45) is 0 Å². The van der Waals surface area contributed by atoms with Crippen LogP contribution in [0.2, 0.25) is 4.34 Å². The highest BCUT2D eigenvalue weighted by atomic mass is 35.5. The van der Waals surface area contributed by atoms with Crippen molar-refractivity contribution in [2.45, 2.75) is 39.7 Å². The predicted octanol–water partition coefficient (Wildman–Crippen LogP) is 3.74. The van der Waals surface area contributed by atoms with Crippen molar-refractivity contribution in [3.63, 3.8) is 0 Å². The number of aromatic nitrogens is 1. The maximum absolute atomic E-state index is 6.04. The van der Waals surface area contributed by atoms with E-state index in [9.17, 15) is 0 Å². The summed E-state index contributed by atoms with van der Waals surface area (Å²) < 4.78 is 0.804. The molecule has 2 nitrogen and oxygen atoms in total. The maximum atomic E-state index is 6.04. The number of thiazole rings is 1. The Hall–Kier alpha value is -0.280. The molecule has 74 valence electrons. The van der Waals surface area contributed by atoms with Crippen LogP contribution in [-0.4, -0.2) is 11.0 Å². The third-order valence-corrected chi connectivity index (χ3v) is 2.78. The first-order chi connectivity index (χ1) is 6.00. The highest BCUT2D eigenvalue weighted by Crippen LogP contribution is 2.32. The van der Waals surface area contributed by atoms with Gasteiger partial charge in [0.25, 0.3) is 0 Å². The van der Waals surface area contributed by atoms with Crippen LogP contribution in [0.15, 0.2) is 0 Å². The van der Waals surface area contributed by atoms with E-state index in [-0.39, 0.29) is 0 Å². The average Bonchev–Trinajstić information content (AvgIpc) is 2.29. The molecular weight excluding hydrogens is 204 g/mol. The van der Waals surface area contributed by atoms with Gasteiger partial charge in [0.05, 0.1) is 5.69 Å². The van der Waals surface area contributed by atoms with Gasteiger partial charge in [-0.2, -0.15) is 0 Å². The summed E-state index contributed by atoms with van der Waals surface area (Å²) in [6, 6.07) is 0.405. The van der Waals surface area contributed by atoms with Crippen molar-refractivity contribution in [3.8, 4) is 0 Å². The van der Waals surface area contributed by atoms with Crippen LogP contribution in [0.4, 0.5) is 5.13 Å². The van der Waals surface area contributed by atoms with Gasteiger partial charge < -0.3 is 5.32 Å². The molecule has 4 heteroatoms. The lowest BCUT2D eigenvalue weighted by Crippen LogP contribution is -2.09. The van der Waals surface area contributed by atoms with Gasteiger partial charge in [-0.1, -0.05) is 36.8 Å². The van der Waals surface area contributed by atoms with Crippen molar-refractivity contribution < 1.29 is 0 Å². The second-order valence-electron chi connectivity index (χ2n) is 3.63. The largest absolute Gasteiger partial charge is 0.359 e. The number of hydrogen-bond acceptors (Lipinski definition) is 3. The molecular formula is C9H15ClN2S. The summed E-state index contributed by atoms with van der Waals surface area (Å²) in [5.41, 5.74) is 0.995. The van der Waals surface area contributed by atoms with Crippen LogP contribution in [-0.2, 0) is 0 Å². The van der Waals surface area contributed by atoms with Gasteiger partial charge in [0.1, 0.15) is 4.34 Å². The summed E-state index contributed by atoms with van der Waals surface area (Å²) >= 11 is 7.55. The minimum Gasteiger partial charge on any atom is -0.359 e. The maximum Gasteiger partial charge on any atom is 0.184 e. The zero-order chi connectivity index (χ0) is 10.0. The second-order valence-corrected chi connectivity index (χ2v) is 5.23. The summed E-state index contributed by atoms with van der Waals surface area (Å²) in [4.78, 5) is 4.42. The van der Waals surface area contributed by atoms with E-state index in [1.807, 2.05) is 0 Å². The number of anilines is 1. The quantitative estimate of drug-likeness (QED) is 0.836.